The van der Waals surface area contributed by atoms with Crippen LogP contribution in [0.1, 0.15) is 50.7 Å². The van der Waals surface area contributed by atoms with Crippen molar-refractivity contribution in [2.75, 3.05) is 12.4 Å². The lowest BCUT2D eigenvalue weighted by molar-refractivity contribution is -0.161. The fourth-order valence-electron chi connectivity index (χ4n) is 7.28. The molecule has 0 aliphatic heterocycles. The van der Waals surface area contributed by atoms with Crippen molar-refractivity contribution in [3.63, 3.8) is 0 Å². The summed E-state index contributed by atoms with van der Waals surface area (Å²) < 4.78 is 5.29. The molecular formula is C32H33NO2. The number of esters is 1. The number of nitrogens with one attached hydrogen (secondary N) is 1. The highest BCUT2D eigenvalue weighted by Gasteiger charge is 2.55. The smallest absolute Gasteiger partial charge is 0.311 e. The van der Waals surface area contributed by atoms with E-state index in [2.05, 4.69) is 92.0 Å². The lowest BCUT2D eigenvalue weighted by atomic mass is 9.49. The zero-order valence-electron chi connectivity index (χ0n) is 20.9. The van der Waals surface area contributed by atoms with Crippen LogP contribution in [0.4, 0.5) is 11.4 Å². The molecule has 35 heavy (non-hydrogen) atoms. The molecule has 1 N–H and O–H groups in total. The molecule has 3 atom stereocenters. The molecule has 1 fully saturated rings. The lowest BCUT2D eigenvalue weighted by Gasteiger charge is -2.54. The highest BCUT2D eigenvalue weighted by molar-refractivity contribution is 5.99. The van der Waals surface area contributed by atoms with E-state index in [0.717, 1.165) is 37.8 Å². The number of hydrogen-bond acceptors (Lipinski definition) is 3. The maximum Gasteiger partial charge on any atom is 0.311 e. The van der Waals surface area contributed by atoms with Gasteiger partial charge in [-0.15, -0.1) is 0 Å². The predicted molar refractivity (Wildman–Crippen MR) is 144 cm³/mol. The van der Waals surface area contributed by atoms with Gasteiger partial charge in [-0.2, -0.15) is 0 Å². The third-order valence-corrected chi connectivity index (χ3v) is 9.04. The fourth-order valence-corrected chi connectivity index (χ4v) is 7.28. The first-order valence-electron chi connectivity index (χ1n) is 12.8. The van der Waals surface area contributed by atoms with Crippen molar-refractivity contribution in [3.05, 3.63) is 83.9 Å². The number of carbonyl (C=O) groups is 1. The summed E-state index contributed by atoms with van der Waals surface area (Å²) in [6, 6.07) is 26.4. The van der Waals surface area contributed by atoms with Crippen molar-refractivity contribution in [2.24, 2.45) is 11.3 Å². The first kappa shape index (κ1) is 22.2. The molecule has 1 saturated carbocycles. The van der Waals surface area contributed by atoms with Crippen molar-refractivity contribution < 1.29 is 9.53 Å². The molecule has 0 bridgehead atoms. The predicted octanol–water partition coefficient (Wildman–Crippen LogP) is 7.92. The molecule has 3 nitrogen and oxygen atoms in total. The topological polar surface area (TPSA) is 38.3 Å². The maximum absolute atomic E-state index is 12.9. The molecule has 178 valence electrons. The first-order valence-corrected chi connectivity index (χ1v) is 12.8. The minimum absolute atomic E-state index is 0.0191. The van der Waals surface area contributed by atoms with Gasteiger partial charge in [-0.1, -0.05) is 55.8 Å². The van der Waals surface area contributed by atoms with Crippen LogP contribution >= 0.6 is 0 Å². The highest BCUT2D eigenvalue weighted by Crippen LogP contribution is 2.58. The molecule has 0 spiro atoms. The van der Waals surface area contributed by atoms with E-state index in [4.69, 9.17) is 4.74 Å². The average molecular weight is 464 g/mol. The molecular weight excluding hydrogens is 430 g/mol. The van der Waals surface area contributed by atoms with Crippen LogP contribution in [-0.4, -0.2) is 13.1 Å². The van der Waals surface area contributed by atoms with Gasteiger partial charge in [-0.05, 0) is 107 Å². The molecule has 0 saturated heterocycles. The van der Waals surface area contributed by atoms with Crippen molar-refractivity contribution in [1.29, 1.82) is 0 Å². The Morgan fingerprint density at radius 1 is 0.886 bits per heavy atom. The van der Waals surface area contributed by atoms with E-state index in [-0.39, 0.29) is 11.4 Å². The Bertz CT molecular complexity index is 1460. The van der Waals surface area contributed by atoms with Gasteiger partial charge in [0, 0.05) is 11.4 Å². The minimum Gasteiger partial charge on any atom is -0.469 e. The standard InChI is InChI=1S/C32H33NO2/c1-31-16-7-17-32(2,30(34)35-3)29(31)15-14-26-27(31)10-6-11-28(26)33-25-13-12-23-18-21-8-4-5-9-22(21)19-24(23)20-25/h4-6,8-13,18-20,29,33H,7,14-17H2,1-3H3/t29?,31-,32?/m1/s1. The Labute approximate surface area is 207 Å². The quantitative estimate of drug-likeness (QED) is 0.248. The van der Waals surface area contributed by atoms with Crippen LogP contribution in [0.5, 0.6) is 0 Å². The first-order chi connectivity index (χ1) is 16.9. The van der Waals surface area contributed by atoms with Crippen molar-refractivity contribution in [1.82, 2.24) is 0 Å². The van der Waals surface area contributed by atoms with E-state index in [1.165, 1.54) is 45.5 Å². The number of ether oxygens (including phenoxy) is 1. The van der Waals surface area contributed by atoms with E-state index in [9.17, 15) is 4.79 Å². The van der Waals surface area contributed by atoms with Gasteiger partial charge in [0.05, 0.1) is 12.5 Å². The van der Waals surface area contributed by atoms with Gasteiger partial charge in [0.25, 0.3) is 0 Å². The molecule has 0 heterocycles. The van der Waals surface area contributed by atoms with Gasteiger partial charge < -0.3 is 10.1 Å². The van der Waals surface area contributed by atoms with E-state index < -0.39 is 5.41 Å². The van der Waals surface area contributed by atoms with E-state index >= 15 is 0 Å². The minimum atomic E-state index is -0.413. The van der Waals surface area contributed by atoms with Gasteiger partial charge in [-0.25, -0.2) is 0 Å². The van der Waals surface area contributed by atoms with Crippen molar-refractivity contribution >= 4 is 38.9 Å². The number of hydrogen-bond donors (Lipinski definition) is 1. The third-order valence-electron chi connectivity index (χ3n) is 9.04. The van der Waals surface area contributed by atoms with Crippen molar-refractivity contribution in [2.45, 2.75) is 51.4 Å². The Morgan fingerprint density at radius 2 is 1.63 bits per heavy atom. The number of benzene rings is 4. The van der Waals surface area contributed by atoms with Crippen LogP contribution in [0.3, 0.4) is 0 Å². The van der Waals surface area contributed by atoms with E-state index in [0.29, 0.717) is 5.92 Å². The Hall–Kier alpha value is -3.33. The van der Waals surface area contributed by atoms with Crippen LogP contribution in [-0.2, 0) is 21.4 Å². The molecule has 0 amide bonds. The lowest BCUT2D eigenvalue weighted by Crippen LogP contribution is -2.52. The second kappa shape index (κ2) is 8.12. The molecule has 0 aromatic heterocycles. The van der Waals surface area contributed by atoms with Crippen LogP contribution in [0.2, 0.25) is 0 Å². The van der Waals surface area contributed by atoms with E-state index in [1.54, 1.807) is 0 Å². The Morgan fingerprint density at radius 3 is 2.40 bits per heavy atom. The normalized spacial score (nSPS) is 25.6. The molecule has 4 aromatic carbocycles. The number of methoxy groups -OCH3 is 1. The zero-order chi connectivity index (χ0) is 24.2. The zero-order valence-corrected chi connectivity index (χ0v) is 20.9. The highest BCUT2D eigenvalue weighted by atomic mass is 16.5. The van der Waals surface area contributed by atoms with Crippen LogP contribution in [0, 0.1) is 11.3 Å². The molecule has 2 aliphatic carbocycles. The Kier molecular flexibility index (Phi) is 5.14. The maximum atomic E-state index is 12.9. The molecule has 2 unspecified atom stereocenters. The third kappa shape index (κ3) is 3.43. The molecule has 2 aliphatic rings. The molecule has 3 heteroatoms. The van der Waals surface area contributed by atoms with Gasteiger partial charge in [0.1, 0.15) is 0 Å². The average Bonchev–Trinajstić information content (AvgIpc) is 2.87. The summed E-state index contributed by atoms with van der Waals surface area (Å²) in [5, 5.41) is 8.78. The Balaban J connectivity index is 1.37. The second-order valence-corrected chi connectivity index (χ2v) is 11.0. The number of carbonyl (C=O) groups excluding carboxylic acids is 1. The number of fused-ring (bicyclic) bond motifs is 5. The summed E-state index contributed by atoms with van der Waals surface area (Å²) in [7, 11) is 1.53. The molecule has 0 radical (unpaired) electrons. The largest absolute Gasteiger partial charge is 0.469 e. The van der Waals surface area contributed by atoms with Crippen LogP contribution in [0.15, 0.2) is 72.8 Å². The van der Waals surface area contributed by atoms with Crippen molar-refractivity contribution in [3.8, 4) is 0 Å². The number of rotatable bonds is 3. The number of anilines is 2. The summed E-state index contributed by atoms with van der Waals surface area (Å²) in [5.41, 5.74) is 4.67. The summed E-state index contributed by atoms with van der Waals surface area (Å²) >= 11 is 0. The van der Waals surface area contributed by atoms with Gasteiger partial charge in [-0.3, -0.25) is 4.79 Å². The fraction of sp³-hybridized carbons (Fsp3) is 0.344. The van der Waals surface area contributed by atoms with Crippen LogP contribution in [0.25, 0.3) is 21.5 Å². The van der Waals surface area contributed by atoms with Crippen LogP contribution < -0.4 is 5.32 Å². The molecule has 6 rings (SSSR count). The van der Waals surface area contributed by atoms with Gasteiger partial charge >= 0.3 is 5.97 Å². The summed E-state index contributed by atoms with van der Waals surface area (Å²) in [4.78, 5) is 12.9. The summed E-state index contributed by atoms with van der Waals surface area (Å²) in [6.07, 6.45) is 5.07. The SMILES string of the molecule is COC(=O)C1(C)CCC[C@]2(C)c3cccc(Nc4ccc5cc6ccccc6cc5c4)c3CCC12. The summed E-state index contributed by atoms with van der Waals surface area (Å²) in [6.45, 7) is 4.51. The summed E-state index contributed by atoms with van der Waals surface area (Å²) in [5.74, 6) is 0.253. The van der Waals surface area contributed by atoms with E-state index in [1.807, 2.05) is 0 Å². The monoisotopic (exact) mass is 463 g/mol. The van der Waals surface area contributed by atoms with Gasteiger partial charge in [0.2, 0.25) is 0 Å². The molecule has 4 aromatic rings. The van der Waals surface area contributed by atoms with Gasteiger partial charge in [0.15, 0.2) is 0 Å². The second-order valence-electron chi connectivity index (χ2n) is 11.0.